The van der Waals surface area contributed by atoms with Crippen LogP contribution in [0, 0.1) is 0 Å². The molecule has 0 aliphatic carbocycles. The third-order valence-corrected chi connectivity index (χ3v) is 3.61. The number of nitrogens with one attached hydrogen (secondary N) is 2. The van der Waals surface area contributed by atoms with E-state index in [0.29, 0.717) is 17.4 Å². The number of likely N-dealkylation sites (N-methyl/N-ethyl adjacent to an activating group) is 1. The molecule has 1 amide bonds. The van der Waals surface area contributed by atoms with E-state index in [2.05, 4.69) is 27.5 Å². The van der Waals surface area contributed by atoms with Crippen molar-refractivity contribution in [1.29, 1.82) is 0 Å². The molecule has 1 fully saturated rings. The van der Waals surface area contributed by atoms with Crippen LogP contribution in [0.3, 0.4) is 0 Å². The molecule has 2 heterocycles. The van der Waals surface area contributed by atoms with Crippen LogP contribution in [0.5, 0.6) is 5.75 Å². The van der Waals surface area contributed by atoms with Gasteiger partial charge < -0.3 is 20.3 Å². The summed E-state index contributed by atoms with van der Waals surface area (Å²) in [6.45, 7) is 3.69. The molecule has 0 aromatic carbocycles. The second-order valence-corrected chi connectivity index (χ2v) is 4.97. The fourth-order valence-corrected chi connectivity index (χ4v) is 2.59. The zero-order valence-corrected chi connectivity index (χ0v) is 12.8. The van der Waals surface area contributed by atoms with Gasteiger partial charge in [-0.05, 0) is 19.3 Å². The van der Waals surface area contributed by atoms with Gasteiger partial charge in [-0.2, -0.15) is 0 Å². The normalized spacial score (nSPS) is 17.7. The lowest BCUT2D eigenvalue weighted by Crippen LogP contribution is -2.42. The predicted molar refractivity (Wildman–Crippen MR) is 81.8 cm³/mol. The minimum Gasteiger partial charge on any atom is -0.490 e. The number of ether oxygens (including phenoxy) is 1. The topological polar surface area (TPSA) is 79.4 Å². The summed E-state index contributed by atoms with van der Waals surface area (Å²) in [6.07, 6.45) is 4.29. The number of methoxy groups -OCH3 is 1. The van der Waals surface area contributed by atoms with Gasteiger partial charge in [0.1, 0.15) is 12.4 Å². The Morgan fingerprint density at radius 1 is 1.52 bits per heavy atom. The van der Waals surface area contributed by atoms with Gasteiger partial charge in [-0.1, -0.05) is 6.92 Å². The van der Waals surface area contributed by atoms with E-state index in [1.54, 1.807) is 14.2 Å². The van der Waals surface area contributed by atoms with Crippen molar-refractivity contribution in [2.45, 2.75) is 32.2 Å². The third-order valence-electron chi connectivity index (χ3n) is 3.61. The second-order valence-electron chi connectivity index (χ2n) is 4.97. The quantitative estimate of drug-likeness (QED) is 0.815. The van der Waals surface area contributed by atoms with E-state index in [9.17, 15) is 4.79 Å². The minimum atomic E-state index is -0.196. The van der Waals surface area contributed by atoms with Gasteiger partial charge in [-0.15, -0.1) is 0 Å². The van der Waals surface area contributed by atoms with Crippen LogP contribution < -0.4 is 20.3 Å². The first-order chi connectivity index (χ1) is 10.2. The molecule has 0 bridgehead atoms. The Bertz CT molecular complexity index is 494. The Hall–Kier alpha value is -2.05. The molecule has 1 saturated heterocycles. The molecule has 0 spiro atoms. The highest BCUT2D eigenvalue weighted by Crippen LogP contribution is 2.35. The van der Waals surface area contributed by atoms with E-state index in [1.807, 2.05) is 4.90 Å². The van der Waals surface area contributed by atoms with Crippen LogP contribution in [-0.2, 0) is 4.79 Å². The fourth-order valence-electron chi connectivity index (χ4n) is 2.59. The second kappa shape index (κ2) is 7.10. The molecular formula is C14H23N5O2. The molecule has 2 N–H and O–H groups in total. The van der Waals surface area contributed by atoms with Crippen LogP contribution in [0.4, 0.5) is 11.6 Å². The van der Waals surface area contributed by atoms with Gasteiger partial charge in [-0.3, -0.25) is 4.79 Å². The van der Waals surface area contributed by atoms with E-state index in [4.69, 9.17) is 4.74 Å². The van der Waals surface area contributed by atoms with E-state index in [1.165, 1.54) is 6.33 Å². The van der Waals surface area contributed by atoms with Crippen molar-refractivity contribution in [2.75, 3.05) is 37.5 Å². The predicted octanol–water partition coefficient (Wildman–Crippen LogP) is 1.02. The summed E-state index contributed by atoms with van der Waals surface area (Å²) < 4.78 is 5.49. The van der Waals surface area contributed by atoms with Crippen LogP contribution in [-0.4, -0.2) is 49.2 Å². The maximum atomic E-state index is 12.0. The number of nitrogens with zero attached hydrogens (tertiary/aromatic N) is 3. The van der Waals surface area contributed by atoms with Gasteiger partial charge in [0.15, 0.2) is 11.6 Å². The van der Waals surface area contributed by atoms with Crippen LogP contribution in [0.15, 0.2) is 6.33 Å². The Labute approximate surface area is 125 Å². The number of rotatable bonds is 6. The minimum absolute atomic E-state index is 0.0104. The van der Waals surface area contributed by atoms with Crippen molar-refractivity contribution < 1.29 is 9.53 Å². The zero-order valence-electron chi connectivity index (χ0n) is 12.8. The highest BCUT2D eigenvalue weighted by Gasteiger charge is 2.33. The molecule has 1 aliphatic heterocycles. The van der Waals surface area contributed by atoms with Crippen LogP contribution in [0.2, 0.25) is 0 Å². The monoisotopic (exact) mass is 293 g/mol. The van der Waals surface area contributed by atoms with Crippen LogP contribution in [0.25, 0.3) is 0 Å². The Kier molecular flexibility index (Phi) is 5.19. The molecule has 1 unspecified atom stereocenters. The Morgan fingerprint density at radius 2 is 2.33 bits per heavy atom. The van der Waals surface area contributed by atoms with Gasteiger partial charge >= 0.3 is 0 Å². The van der Waals surface area contributed by atoms with Gasteiger partial charge in [0.25, 0.3) is 0 Å². The standard InChI is InChI=1S/C14H23N5O2/c1-4-7-16-12-11(21-3)13(18-9-17-12)19-8-5-6-10(19)14(20)15-2/h9-10H,4-8H2,1-3H3,(H,15,20)(H,16,17,18). The first kappa shape index (κ1) is 15.3. The van der Waals surface area contributed by atoms with Crippen molar-refractivity contribution >= 4 is 17.5 Å². The van der Waals surface area contributed by atoms with Crippen LogP contribution in [0.1, 0.15) is 26.2 Å². The fraction of sp³-hybridized carbons (Fsp3) is 0.643. The zero-order chi connectivity index (χ0) is 15.2. The van der Waals surface area contributed by atoms with Gasteiger partial charge in [0.05, 0.1) is 7.11 Å². The molecule has 116 valence electrons. The summed E-state index contributed by atoms with van der Waals surface area (Å²) >= 11 is 0. The summed E-state index contributed by atoms with van der Waals surface area (Å²) in [4.78, 5) is 22.6. The average molecular weight is 293 g/mol. The summed E-state index contributed by atoms with van der Waals surface area (Å²) in [5.41, 5.74) is 0. The number of hydrogen-bond acceptors (Lipinski definition) is 6. The van der Waals surface area contributed by atoms with Gasteiger partial charge in [0.2, 0.25) is 11.7 Å². The van der Waals surface area contributed by atoms with Crippen molar-refractivity contribution in [1.82, 2.24) is 15.3 Å². The summed E-state index contributed by atoms with van der Waals surface area (Å²) in [6, 6.07) is -0.196. The lowest BCUT2D eigenvalue weighted by molar-refractivity contribution is -0.121. The average Bonchev–Trinajstić information content (AvgIpc) is 3.00. The SMILES string of the molecule is CCCNc1ncnc(N2CCCC2C(=O)NC)c1OC. The van der Waals surface area contributed by atoms with Crippen molar-refractivity contribution in [3.05, 3.63) is 6.33 Å². The van der Waals surface area contributed by atoms with Crippen molar-refractivity contribution in [3.8, 4) is 5.75 Å². The highest BCUT2D eigenvalue weighted by atomic mass is 16.5. The number of aromatic nitrogens is 2. The lowest BCUT2D eigenvalue weighted by atomic mass is 10.2. The summed E-state index contributed by atoms with van der Waals surface area (Å²) in [7, 11) is 3.26. The number of anilines is 2. The molecular weight excluding hydrogens is 270 g/mol. The van der Waals surface area contributed by atoms with E-state index in [-0.39, 0.29) is 11.9 Å². The molecule has 1 aliphatic rings. The van der Waals surface area contributed by atoms with Crippen molar-refractivity contribution in [2.24, 2.45) is 0 Å². The number of amides is 1. The summed E-state index contributed by atoms with van der Waals surface area (Å²) in [5, 5.41) is 5.95. The molecule has 1 aromatic heterocycles. The number of carbonyl (C=O) groups excluding carboxylic acids is 1. The highest BCUT2D eigenvalue weighted by molar-refractivity contribution is 5.86. The molecule has 0 radical (unpaired) electrons. The summed E-state index contributed by atoms with van der Waals surface area (Å²) in [5.74, 6) is 1.96. The van der Waals surface area contributed by atoms with E-state index >= 15 is 0 Å². The molecule has 21 heavy (non-hydrogen) atoms. The number of carbonyl (C=O) groups is 1. The van der Waals surface area contributed by atoms with Gasteiger partial charge in [-0.25, -0.2) is 9.97 Å². The molecule has 2 rings (SSSR count). The maximum Gasteiger partial charge on any atom is 0.242 e. The van der Waals surface area contributed by atoms with Crippen molar-refractivity contribution in [3.63, 3.8) is 0 Å². The van der Waals surface area contributed by atoms with Gasteiger partial charge in [0, 0.05) is 20.1 Å². The van der Waals surface area contributed by atoms with E-state index in [0.717, 1.165) is 32.4 Å². The van der Waals surface area contributed by atoms with Crippen LogP contribution >= 0.6 is 0 Å². The molecule has 7 nitrogen and oxygen atoms in total. The molecule has 0 saturated carbocycles. The third kappa shape index (κ3) is 3.17. The van der Waals surface area contributed by atoms with E-state index < -0.39 is 0 Å². The molecule has 1 aromatic rings. The molecule has 1 atom stereocenters. The Morgan fingerprint density at radius 3 is 3.00 bits per heavy atom. The first-order valence-corrected chi connectivity index (χ1v) is 7.34. The number of hydrogen-bond donors (Lipinski definition) is 2. The largest absolute Gasteiger partial charge is 0.490 e. The lowest BCUT2D eigenvalue weighted by Gasteiger charge is -2.26. The molecule has 7 heteroatoms. The maximum absolute atomic E-state index is 12.0. The smallest absolute Gasteiger partial charge is 0.242 e. The first-order valence-electron chi connectivity index (χ1n) is 7.34. The Balaban J connectivity index is 2.31.